The Kier molecular flexibility index (Phi) is 8.72. The van der Waals surface area contributed by atoms with Gasteiger partial charge in [-0.25, -0.2) is 8.78 Å². The molecule has 4 aromatic rings. The molecule has 0 bridgehead atoms. The Morgan fingerprint density at radius 1 is 0.541 bits per heavy atom. The molecule has 0 heterocycles. The van der Waals surface area contributed by atoms with Crippen LogP contribution in [0.5, 0.6) is 0 Å². The third-order valence-electron chi connectivity index (χ3n) is 5.22. The van der Waals surface area contributed by atoms with Gasteiger partial charge < -0.3 is 0 Å². The first-order chi connectivity index (χ1) is 17.8. The van der Waals surface area contributed by atoms with Gasteiger partial charge in [0.2, 0.25) is 0 Å². The van der Waals surface area contributed by atoms with Crippen molar-refractivity contribution in [3.63, 3.8) is 0 Å². The Morgan fingerprint density at radius 2 is 0.865 bits per heavy atom. The van der Waals surface area contributed by atoms with Gasteiger partial charge in [0.15, 0.2) is 11.6 Å². The molecule has 0 radical (unpaired) electrons. The summed E-state index contributed by atoms with van der Waals surface area (Å²) in [5, 5.41) is 0.950. The van der Waals surface area contributed by atoms with Crippen molar-refractivity contribution >= 4 is 58.7 Å². The second kappa shape index (κ2) is 12.2. The van der Waals surface area contributed by atoms with Crippen molar-refractivity contribution in [2.45, 2.75) is 0 Å². The largest absolute Gasteiger partial charge is 0.288 e. The van der Waals surface area contributed by atoms with Crippen molar-refractivity contribution in [2.24, 2.45) is 0 Å². The molecule has 0 N–H and O–H groups in total. The highest BCUT2D eigenvalue weighted by Crippen LogP contribution is 2.34. The minimum atomic E-state index is -0.412. The Bertz CT molecular complexity index is 1360. The number of benzene rings is 4. The van der Waals surface area contributed by atoms with E-state index < -0.39 is 11.6 Å². The quantitative estimate of drug-likeness (QED) is 0.162. The average Bonchev–Trinajstić information content (AvgIpc) is 2.90. The monoisotopic (exact) mass is 550 g/mol. The van der Waals surface area contributed by atoms with Crippen LogP contribution >= 0.6 is 35.0 Å². The molecule has 0 unspecified atom stereocenters. The molecule has 7 heteroatoms. The van der Waals surface area contributed by atoms with Crippen LogP contribution in [-0.2, 0) is 0 Å². The second-order valence-electron chi connectivity index (χ2n) is 7.89. The van der Waals surface area contributed by atoms with E-state index in [-0.39, 0.29) is 21.4 Å². The second-order valence-corrected chi connectivity index (χ2v) is 9.85. The van der Waals surface area contributed by atoms with E-state index in [2.05, 4.69) is 0 Å². The molecule has 0 aromatic heterocycles. The number of hydrogen-bond acceptors (Lipinski definition) is 3. The van der Waals surface area contributed by atoms with E-state index in [1.807, 2.05) is 0 Å². The summed E-state index contributed by atoms with van der Waals surface area (Å²) in [7, 11) is 0. The SMILES string of the molecule is O=C(/C(=C/c1ccc(F)cc1)S/C(=C\c1ccc(F)cc1)C(=O)c1ccc(Cl)cc1)c1ccc(Cl)cc1. The van der Waals surface area contributed by atoms with Crippen LogP contribution in [0.1, 0.15) is 31.8 Å². The Hall–Kier alpha value is -3.51. The average molecular weight is 551 g/mol. The molecule has 37 heavy (non-hydrogen) atoms. The number of ketones is 2. The van der Waals surface area contributed by atoms with Crippen LogP contribution in [0.25, 0.3) is 12.2 Å². The summed E-state index contributed by atoms with van der Waals surface area (Å²) in [5.41, 5.74) is 1.88. The number of carbonyl (C=O) groups excluding carboxylic acids is 2. The molecule has 0 saturated carbocycles. The van der Waals surface area contributed by atoms with Crippen molar-refractivity contribution in [3.05, 3.63) is 151 Å². The highest BCUT2D eigenvalue weighted by Gasteiger charge is 2.21. The third kappa shape index (κ3) is 7.26. The maximum Gasteiger partial charge on any atom is 0.199 e. The molecule has 184 valence electrons. The molecule has 4 aromatic carbocycles. The minimum Gasteiger partial charge on any atom is -0.288 e. The van der Waals surface area contributed by atoms with Crippen LogP contribution in [0, 0.1) is 11.6 Å². The van der Waals surface area contributed by atoms with Crippen molar-refractivity contribution < 1.29 is 18.4 Å². The van der Waals surface area contributed by atoms with Gasteiger partial charge in [0.05, 0.1) is 9.81 Å². The van der Waals surface area contributed by atoms with Crippen LogP contribution in [0.3, 0.4) is 0 Å². The van der Waals surface area contributed by atoms with Gasteiger partial charge in [-0.2, -0.15) is 0 Å². The number of thioether (sulfide) groups is 1. The van der Waals surface area contributed by atoms with Crippen LogP contribution in [0.15, 0.2) is 107 Å². The standard InChI is InChI=1S/C30H18Cl2F2O2S/c31-23-9-5-21(6-10-23)29(35)27(17-19-1-13-25(33)14-2-19)37-28(18-20-3-15-26(34)16-4-20)30(36)22-7-11-24(32)12-8-22/h1-18H/b27-17-,28-18-. The molecule has 2 nitrogen and oxygen atoms in total. The molecule has 0 atom stereocenters. The van der Waals surface area contributed by atoms with Crippen LogP contribution in [0.4, 0.5) is 8.78 Å². The molecule has 0 saturated heterocycles. The van der Waals surface area contributed by atoms with E-state index in [4.69, 9.17) is 23.2 Å². The maximum absolute atomic E-state index is 13.6. The molecular formula is C30H18Cl2F2O2S. The van der Waals surface area contributed by atoms with Crippen molar-refractivity contribution in [1.82, 2.24) is 0 Å². The van der Waals surface area contributed by atoms with E-state index in [0.29, 0.717) is 32.3 Å². The first-order valence-corrected chi connectivity index (χ1v) is 12.6. The summed E-state index contributed by atoms with van der Waals surface area (Å²) >= 11 is 13.0. The lowest BCUT2D eigenvalue weighted by Crippen LogP contribution is -2.06. The van der Waals surface area contributed by atoms with Gasteiger partial charge in [-0.15, -0.1) is 0 Å². The number of carbonyl (C=O) groups is 2. The number of halogens is 4. The van der Waals surface area contributed by atoms with E-state index in [1.165, 1.54) is 48.5 Å². The summed E-state index contributed by atoms with van der Waals surface area (Å²) in [6.07, 6.45) is 3.18. The van der Waals surface area contributed by atoms with Crippen molar-refractivity contribution in [1.29, 1.82) is 0 Å². The van der Waals surface area contributed by atoms with Gasteiger partial charge in [0.25, 0.3) is 0 Å². The van der Waals surface area contributed by atoms with E-state index in [1.54, 1.807) is 60.7 Å². The summed E-state index contributed by atoms with van der Waals surface area (Å²) < 4.78 is 27.0. The minimum absolute atomic E-state index is 0.226. The van der Waals surface area contributed by atoms with Crippen LogP contribution in [-0.4, -0.2) is 11.6 Å². The highest BCUT2D eigenvalue weighted by atomic mass is 35.5. The lowest BCUT2D eigenvalue weighted by atomic mass is 10.1. The Labute approximate surface area is 227 Å². The van der Waals surface area contributed by atoms with E-state index in [9.17, 15) is 18.4 Å². The smallest absolute Gasteiger partial charge is 0.199 e. The zero-order chi connectivity index (χ0) is 26.4. The summed E-state index contributed by atoms with van der Waals surface area (Å²) in [4.78, 5) is 27.6. The van der Waals surface area contributed by atoms with Crippen LogP contribution in [0.2, 0.25) is 10.0 Å². The van der Waals surface area contributed by atoms with Gasteiger partial charge in [-0.05, 0) is 96.1 Å². The molecule has 0 aliphatic rings. The van der Waals surface area contributed by atoms with Gasteiger partial charge in [0, 0.05) is 21.2 Å². The highest BCUT2D eigenvalue weighted by molar-refractivity contribution is 8.08. The fraction of sp³-hybridized carbons (Fsp3) is 0. The summed E-state index contributed by atoms with van der Waals surface area (Å²) in [6.45, 7) is 0. The predicted octanol–water partition coefficient (Wildman–Crippen LogP) is 9.15. The maximum atomic E-state index is 13.6. The fourth-order valence-electron chi connectivity index (χ4n) is 3.31. The van der Waals surface area contributed by atoms with E-state index in [0.717, 1.165) is 11.8 Å². The predicted molar refractivity (Wildman–Crippen MR) is 148 cm³/mol. The first-order valence-electron chi connectivity index (χ1n) is 11.0. The molecule has 0 fully saturated rings. The topological polar surface area (TPSA) is 34.1 Å². The van der Waals surface area contributed by atoms with Crippen LogP contribution < -0.4 is 0 Å². The zero-order valence-corrected chi connectivity index (χ0v) is 21.5. The fourth-order valence-corrected chi connectivity index (χ4v) is 4.61. The Morgan fingerprint density at radius 3 is 1.19 bits per heavy atom. The normalized spacial score (nSPS) is 11.9. The number of rotatable bonds is 8. The van der Waals surface area contributed by atoms with Crippen molar-refractivity contribution in [3.8, 4) is 0 Å². The third-order valence-corrected chi connectivity index (χ3v) is 6.77. The molecule has 0 spiro atoms. The Balaban J connectivity index is 1.80. The van der Waals surface area contributed by atoms with Gasteiger partial charge in [0.1, 0.15) is 11.6 Å². The zero-order valence-electron chi connectivity index (χ0n) is 19.1. The molecule has 0 aliphatic heterocycles. The molecule has 4 rings (SSSR count). The first kappa shape index (κ1) is 26.6. The lowest BCUT2D eigenvalue weighted by Gasteiger charge is -2.11. The number of allylic oxidation sites excluding steroid dienone is 2. The molecular weight excluding hydrogens is 533 g/mol. The van der Waals surface area contributed by atoms with E-state index >= 15 is 0 Å². The molecule has 0 amide bonds. The number of Topliss-reactive ketones (excluding diaryl/α,β-unsaturated/α-hetero) is 2. The summed E-state index contributed by atoms with van der Waals surface area (Å²) in [6, 6.07) is 24.1. The lowest BCUT2D eigenvalue weighted by molar-refractivity contribution is 0.103. The van der Waals surface area contributed by atoms with Gasteiger partial charge in [-0.1, -0.05) is 59.2 Å². The van der Waals surface area contributed by atoms with Crippen molar-refractivity contribution in [2.75, 3.05) is 0 Å². The van der Waals surface area contributed by atoms with Gasteiger partial charge >= 0.3 is 0 Å². The summed E-state index contributed by atoms with van der Waals surface area (Å²) in [5.74, 6) is -1.52. The molecule has 0 aliphatic carbocycles. The van der Waals surface area contributed by atoms with Gasteiger partial charge in [-0.3, -0.25) is 9.59 Å². The number of hydrogen-bond donors (Lipinski definition) is 0.